The highest BCUT2D eigenvalue weighted by molar-refractivity contribution is 6.12. The molecule has 6 heteroatoms. The van der Waals surface area contributed by atoms with Gasteiger partial charge >= 0.3 is 0 Å². The molecule has 0 saturated carbocycles. The molecule has 2 aromatic heterocycles. The fourth-order valence-corrected chi connectivity index (χ4v) is 1.34. The van der Waals surface area contributed by atoms with Gasteiger partial charge in [0.25, 0.3) is 0 Å². The topological polar surface area (TPSA) is 77.7 Å². The highest BCUT2D eigenvalue weighted by Gasteiger charge is 2.16. The SMILES string of the molecule is Cn1cc(C(=O)CC(=O)c2ncccn2)cn1. The molecule has 0 radical (unpaired) electrons. The third-order valence-electron chi connectivity index (χ3n) is 2.16. The van der Waals surface area contributed by atoms with Crippen molar-refractivity contribution in [1.82, 2.24) is 19.7 Å². The van der Waals surface area contributed by atoms with Crippen LogP contribution in [0.3, 0.4) is 0 Å². The smallest absolute Gasteiger partial charge is 0.207 e. The summed E-state index contributed by atoms with van der Waals surface area (Å²) in [7, 11) is 1.71. The van der Waals surface area contributed by atoms with E-state index in [9.17, 15) is 9.59 Å². The summed E-state index contributed by atoms with van der Waals surface area (Å²) in [6, 6.07) is 1.61. The second kappa shape index (κ2) is 4.65. The first-order valence-electron chi connectivity index (χ1n) is 4.99. The van der Waals surface area contributed by atoms with Gasteiger partial charge in [-0.15, -0.1) is 0 Å². The van der Waals surface area contributed by atoms with Gasteiger partial charge in [0.1, 0.15) is 0 Å². The van der Waals surface area contributed by atoms with Crippen molar-refractivity contribution >= 4 is 11.6 Å². The second-order valence-electron chi connectivity index (χ2n) is 3.50. The van der Waals surface area contributed by atoms with E-state index in [0.717, 1.165) is 0 Å². The van der Waals surface area contributed by atoms with Crippen LogP contribution in [0.25, 0.3) is 0 Å². The fraction of sp³-hybridized carbons (Fsp3) is 0.182. The van der Waals surface area contributed by atoms with Crippen LogP contribution in [0.15, 0.2) is 30.9 Å². The van der Waals surface area contributed by atoms with Crippen LogP contribution in [0, 0.1) is 0 Å². The van der Waals surface area contributed by atoms with Gasteiger partial charge in [0.15, 0.2) is 11.6 Å². The lowest BCUT2D eigenvalue weighted by Crippen LogP contribution is -2.11. The number of hydrogen-bond donors (Lipinski definition) is 0. The number of aryl methyl sites for hydroxylation is 1. The minimum absolute atomic E-state index is 0.0599. The maximum Gasteiger partial charge on any atom is 0.207 e. The van der Waals surface area contributed by atoms with E-state index in [1.165, 1.54) is 23.3 Å². The first kappa shape index (κ1) is 11.1. The van der Waals surface area contributed by atoms with E-state index in [4.69, 9.17) is 0 Å². The minimum atomic E-state index is -0.389. The monoisotopic (exact) mass is 230 g/mol. The third kappa shape index (κ3) is 2.60. The molecule has 2 aromatic rings. The molecule has 0 atom stereocenters. The Balaban J connectivity index is 2.07. The molecule has 0 bridgehead atoms. The van der Waals surface area contributed by atoms with E-state index in [1.807, 2.05) is 0 Å². The van der Waals surface area contributed by atoms with E-state index in [0.29, 0.717) is 5.56 Å². The van der Waals surface area contributed by atoms with Gasteiger partial charge in [0.2, 0.25) is 5.78 Å². The van der Waals surface area contributed by atoms with Crippen LogP contribution in [-0.2, 0) is 7.05 Å². The van der Waals surface area contributed by atoms with Crippen molar-refractivity contribution < 1.29 is 9.59 Å². The van der Waals surface area contributed by atoms with Gasteiger partial charge in [-0.3, -0.25) is 14.3 Å². The van der Waals surface area contributed by atoms with E-state index in [-0.39, 0.29) is 23.8 Å². The summed E-state index contributed by atoms with van der Waals surface area (Å²) in [5.74, 6) is -0.611. The maximum atomic E-state index is 11.7. The number of hydrogen-bond acceptors (Lipinski definition) is 5. The van der Waals surface area contributed by atoms with Gasteiger partial charge < -0.3 is 0 Å². The molecule has 86 valence electrons. The molecule has 0 fully saturated rings. The van der Waals surface area contributed by atoms with Crippen molar-refractivity contribution in [2.45, 2.75) is 6.42 Å². The molecule has 0 N–H and O–H groups in total. The number of nitrogens with zero attached hydrogens (tertiary/aromatic N) is 4. The molecule has 17 heavy (non-hydrogen) atoms. The van der Waals surface area contributed by atoms with E-state index in [2.05, 4.69) is 15.1 Å². The van der Waals surface area contributed by atoms with Crippen molar-refractivity contribution in [3.63, 3.8) is 0 Å². The number of carbonyl (C=O) groups excluding carboxylic acids is 2. The molecule has 0 aromatic carbocycles. The Morgan fingerprint density at radius 1 is 1.24 bits per heavy atom. The molecule has 0 amide bonds. The predicted octanol–water partition coefficient (Wildman–Crippen LogP) is 0.666. The molecule has 0 unspecified atom stereocenters. The van der Waals surface area contributed by atoms with Crippen molar-refractivity contribution in [3.8, 4) is 0 Å². The Kier molecular flexibility index (Phi) is 3.04. The zero-order chi connectivity index (χ0) is 12.3. The molecule has 2 heterocycles. The van der Waals surface area contributed by atoms with Gasteiger partial charge in [-0.05, 0) is 6.07 Å². The number of aromatic nitrogens is 4. The van der Waals surface area contributed by atoms with Crippen LogP contribution in [0.5, 0.6) is 0 Å². The van der Waals surface area contributed by atoms with Crippen LogP contribution in [0.4, 0.5) is 0 Å². The molecule has 0 saturated heterocycles. The van der Waals surface area contributed by atoms with E-state index >= 15 is 0 Å². The molecule has 0 aliphatic rings. The summed E-state index contributed by atoms with van der Waals surface area (Å²) in [6.07, 6.45) is 5.70. The van der Waals surface area contributed by atoms with Crippen LogP contribution in [0.1, 0.15) is 27.4 Å². The molecule has 0 spiro atoms. The quantitative estimate of drug-likeness (QED) is 0.569. The number of rotatable bonds is 4. The van der Waals surface area contributed by atoms with Crippen LogP contribution >= 0.6 is 0 Å². The van der Waals surface area contributed by atoms with Gasteiger partial charge in [-0.1, -0.05) is 0 Å². The zero-order valence-corrected chi connectivity index (χ0v) is 9.20. The Morgan fingerprint density at radius 3 is 2.53 bits per heavy atom. The summed E-state index contributed by atoms with van der Waals surface area (Å²) in [4.78, 5) is 31.0. The van der Waals surface area contributed by atoms with Gasteiger partial charge in [-0.2, -0.15) is 5.10 Å². The van der Waals surface area contributed by atoms with Crippen molar-refractivity contribution in [3.05, 3.63) is 42.2 Å². The standard InChI is InChI=1S/C11H10N4O2/c1-15-7-8(6-14-15)9(16)5-10(17)11-12-3-2-4-13-11/h2-4,6-7H,5H2,1H3. The summed E-state index contributed by atoms with van der Waals surface area (Å²) in [5, 5.41) is 3.87. The highest BCUT2D eigenvalue weighted by Crippen LogP contribution is 2.04. The maximum absolute atomic E-state index is 11.7. The van der Waals surface area contributed by atoms with E-state index in [1.54, 1.807) is 19.3 Å². The Bertz CT molecular complexity index is 548. The van der Waals surface area contributed by atoms with Crippen LogP contribution in [-0.4, -0.2) is 31.3 Å². The van der Waals surface area contributed by atoms with Gasteiger partial charge in [0, 0.05) is 25.6 Å². The Labute approximate surface area is 97.3 Å². The first-order chi connectivity index (χ1) is 8.16. The van der Waals surface area contributed by atoms with Gasteiger partial charge in [-0.25, -0.2) is 9.97 Å². The van der Waals surface area contributed by atoms with Crippen molar-refractivity contribution in [2.24, 2.45) is 7.05 Å². The fourth-order valence-electron chi connectivity index (χ4n) is 1.34. The van der Waals surface area contributed by atoms with E-state index < -0.39 is 0 Å². The summed E-state index contributed by atoms with van der Waals surface area (Å²) >= 11 is 0. The number of carbonyl (C=O) groups is 2. The molecule has 2 rings (SSSR count). The highest BCUT2D eigenvalue weighted by atomic mass is 16.1. The lowest BCUT2D eigenvalue weighted by Gasteiger charge is -1.96. The summed E-state index contributed by atoms with van der Waals surface area (Å²) in [6.45, 7) is 0. The molecular formula is C11H10N4O2. The zero-order valence-electron chi connectivity index (χ0n) is 9.20. The normalized spacial score (nSPS) is 10.2. The third-order valence-corrected chi connectivity index (χ3v) is 2.16. The molecule has 6 nitrogen and oxygen atoms in total. The molecular weight excluding hydrogens is 220 g/mol. The van der Waals surface area contributed by atoms with Crippen LogP contribution in [0.2, 0.25) is 0 Å². The largest absolute Gasteiger partial charge is 0.294 e. The first-order valence-corrected chi connectivity index (χ1v) is 4.99. The molecule has 0 aliphatic carbocycles. The summed E-state index contributed by atoms with van der Waals surface area (Å²) < 4.78 is 1.51. The Morgan fingerprint density at radius 2 is 1.94 bits per heavy atom. The van der Waals surface area contributed by atoms with Gasteiger partial charge in [0.05, 0.1) is 18.2 Å². The lowest BCUT2D eigenvalue weighted by atomic mass is 10.1. The lowest BCUT2D eigenvalue weighted by molar-refractivity contribution is 0.0888. The number of Topliss-reactive ketones (excluding diaryl/α,β-unsaturated/α-hetero) is 2. The average Bonchev–Trinajstić information content (AvgIpc) is 2.77. The average molecular weight is 230 g/mol. The van der Waals surface area contributed by atoms with Crippen LogP contribution < -0.4 is 0 Å². The Hall–Kier alpha value is -2.37. The minimum Gasteiger partial charge on any atom is -0.294 e. The number of ketones is 2. The summed E-state index contributed by atoms with van der Waals surface area (Å²) in [5.41, 5.74) is 0.414. The second-order valence-corrected chi connectivity index (χ2v) is 3.50. The predicted molar refractivity (Wildman–Crippen MR) is 58.5 cm³/mol. The van der Waals surface area contributed by atoms with Crippen molar-refractivity contribution in [1.29, 1.82) is 0 Å². The van der Waals surface area contributed by atoms with Crippen molar-refractivity contribution in [2.75, 3.05) is 0 Å². The molecule has 0 aliphatic heterocycles.